The lowest BCUT2D eigenvalue weighted by Crippen LogP contribution is -2.39. The quantitative estimate of drug-likeness (QED) is 0.332. The number of benzene rings is 1. The number of carbonyl (C=O) groups is 2. The van der Waals surface area contributed by atoms with Gasteiger partial charge in [0.1, 0.15) is 6.04 Å². The van der Waals surface area contributed by atoms with Crippen molar-refractivity contribution in [2.45, 2.75) is 52.6 Å². The minimum absolute atomic E-state index is 0.136. The fourth-order valence-corrected chi connectivity index (χ4v) is 5.82. The predicted octanol–water partition coefficient (Wildman–Crippen LogP) is 4.70. The summed E-state index contributed by atoms with van der Waals surface area (Å²) in [5.41, 5.74) is 3.80. The summed E-state index contributed by atoms with van der Waals surface area (Å²) in [5.74, 6) is 0.790. The van der Waals surface area contributed by atoms with Crippen molar-refractivity contribution in [2.24, 2.45) is 5.92 Å². The first-order valence-corrected chi connectivity index (χ1v) is 14.2. The van der Waals surface area contributed by atoms with Crippen molar-refractivity contribution in [1.29, 1.82) is 0 Å². The maximum Gasteiger partial charge on any atom is 0.248 e. The van der Waals surface area contributed by atoms with Crippen LogP contribution in [0.3, 0.4) is 0 Å². The van der Waals surface area contributed by atoms with E-state index in [1.54, 1.807) is 20.3 Å². The Morgan fingerprint density at radius 1 is 1.07 bits per heavy atom. The van der Waals surface area contributed by atoms with E-state index in [-0.39, 0.29) is 28.8 Å². The van der Waals surface area contributed by atoms with Crippen LogP contribution in [-0.4, -0.2) is 44.2 Å². The second-order valence-corrected chi connectivity index (χ2v) is 11.1. The summed E-state index contributed by atoms with van der Waals surface area (Å²) in [7, 11) is 4.66. The average molecular weight is 581 g/mol. The molecule has 2 aromatic carbocycles. The Morgan fingerprint density at radius 3 is 2.39 bits per heavy atom. The number of aromatic nitrogens is 1. The lowest BCUT2D eigenvalue weighted by molar-refractivity contribution is -0.120. The van der Waals surface area contributed by atoms with Crippen molar-refractivity contribution in [2.75, 3.05) is 32.0 Å². The standard InChI is InChI=1S/C30H36N4O6S/c1-15(2)26(29(37)34-30-31-16(3)14-41-30)33-22-11-9-19-20(13-23(22)36)21(32-17(4)35)10-8-18-12-24(38-5)27(39-6)28(40-7)25(18)19/h9,11-15,21,26H,8,10H2,1-7H3,(H,32,35)(H,33,36)(H,31,34,37). The number of rotatable bonds is 9. The summed E-state index contributed by atoms with van der Waals surface area (Å²) >= 11 is 1.34. The van der Waals surface area contributed by atoms with E-state index in [2.05, 4.69) is 20.9 Å². The first kappa shape index (κ1) is 29.9. The monoisotopic (exact) mass is 580 g/mol. The Morgan fingerprint density at radius 2 is 1.80 bits per heavy atom. The zero-order valence-corrected chi connectivity index (χ0v) is 25.2. The van der Waals surface area contributed by atoms with Crippen LogP contribution in [0.5, 0.6) is 17.2 Å². The highest BCUT2D eigenvalue weighted by molar-refractivity contribution is 7.13. The van der Waals surface area contributed by atoms with Crippen LogP contribution >= 0.6 is 11.3 Å². The van der Waals surface area contributed by atoms with Crippen LogP contribution < -0.4 is 35.6 Å². The number of nitrogens with one attached hydrogen (secondary N) is 3. The topological polar surface area (TPSA) is 128 Å². The van der Waals surface area contributed by atoms with Crippen LogP contribution in [0, 0.1) is 12.8 Å². The number of hydrogen-bond acceptors (Lipinski definition) is 9. The molecule has 10 nitrogen and oxygen atoms in total. The molecule has 2 amide bonds. The molecule has 0 radical (unpaired) electrons. The van der Waals surface area contributed by atoms with E-state index in [0.29, 0.717) is 46.3 Å². The highest BCUT2D eigenvalue weighted by atomic mass is 32.1. The highest BCUT2D eigenvalue weighted by Crippen LogP contribution is 2.50. The number of anilines is 2. The number of carbonyl (C=O) groups excluding carboxylic acids is 2. The summed E-state index contributed by atoms with van der Waals surface area (Å²) in [6.07, 6.45) is 1.15. The van der Waals surface area contributed by atoms with Gasteiger partial charge in [0.25, 0.3) is 0 Å². The van der Waals surface area contributed by atoms with Gasteiger partial charge in [-0.25, -0.2) is 4.98 Å². The van der Waals surface area contributed by atoms with Crippen molar-refractivity contribution in [3.05, 3.63) is 56.7 Å². The molecule has 1 aliphatic carbocycles. The number of amides is 2. The van der Waals surface area contributed by atoms with Crippen molar-refractivity contribution < 1.29 is 23.8 Å². The summed E-state index contributed by atoms with van der Waals surface area (Å²) in [6.45, 7) is 7.12. The number of hydrogen-bond donors (Lipinski definition) is 3. The van der Waals surface area contributed by atoms with E-state index in [1.807, 2.05) is 38.3 Å². The molecule has 218 valence electrons. The fraction of sp³-hybridized carbons (Fsp3) is 0.400. The number of aryl methyl sites for hydroxylation is 2. The number of nitrogens with zero attached hydrogens (tertiary/aromatic N) is 1. The number of methoxy groups -OCH3 is 3. The fourth-order valence-electron chi connectivity index (χ4n) is 5.12. The van der Waals surface area contributed by atoms with Gasteiger partial charge in [-0.05, 0) is 60.6 Å². The molecule has 3 N–H and O–H groups in total. The van der Waals surface area contributed by atoms with E-state index in [0.717, 1.165) is 16.8 Å². The molecule has 1 heterocycles. The van der Waals surface area contributed by atoms with E-state index in [4.69, 9.17) is 14.2 Å². The Bertz CT molecular complexity index is 1520. The van der Waals surface area contributed by atoms with Gasteiger partial charge >= 0.3 is 0 Å². The zero-order valence-electron chi connectivity index (χ0n) is 24.3. The van der Waals surface area contributed by atoms with E-state index >= 15 is 0 Å². The van der Waals surface area contributed by atoms with Crippen LogP contribution in [0.4, 0.5) is 10.8 Å². The van der Waals surface area contributed by atoms with Gasteiger partial charge < -0.3 is 30.2 Å². The molecule has 1 aliphatic rings. The maximum atomic E-state index is 13.7. The summed E-state index contributed by atoms with van der Waals surface area (Å²) in [6, 6.07) is 5.80. The molecule has 11 heteroatoms. The molecule has 0 aliphatic heterocycles. The molecular weight excluding hydrogens is 544 g/mol. The van der Waals surface area contributed by atoms with Crippen molar-refractivity contribution in [3.63, 3.8) is 0 Å². The van der Waals surface area contributed by atoms with Crippen LogP contribution in [0.1, 0.15) is 50.1 Å². The van der Waals surface area contributed by atoms with Gasteiger partial charge in [0.15, 0.2) is 16.6 Å². The average Bonchev–Trinajstić information content (AvgIpc) is 3.19. The van der Waals surface area contributed by atoms with Gasteiger partial charge in [-0.2, -0.15) is 0 Å². The third-order valence-electron chi connectivity index (χ3n) is 7.03. The SMILES string of the molecule is COc1cc2c(c(OC)c1OC)-c1ccc(NC(C(=O)Nc3nc(C)cs3)C(C)C)c(=O)cc1C(NC(C)=O)CC2. The predicted molar refractivity (Wildman–Crippen MR) is 160 cm³/mol. The van der Waals surface area contributed by atoms with Gasteiger partial charge in [0.2, 0.25) is 23.0 Å². The minimum atomic E-state index is -0.702. The van der Waals surface area contributed by atoms with Gasteiger partial charge in [0.05, 0.1) is 38.8 Å². The van der Waals surface area contributed by atoms with Crippen LogP contribution in [-0.2, 0) is 16.0 Å². The van der Waals surface area contributed by atoms with Crippen molar-refractivity contribution in [1.82, 2.24) is 10.3 Å². The van der Waals surface area contributed by atoms with Gasteiger partial charge in [-0.1, -0.05) is 19.9 Å². The Kier molecular flexibility index (Phi) is 9.17. The molecule has 0 bridgehead atoms. The van der Waals surface area contributed by atoms with E-state index in [1.165, 1.54) is 31.4 Å². The first-order valence-electron chi connectivity index (χ1n) is 13.3. The molecule has 4 rings (SSSR count). The largest absolute Gasteiger partial charge is 0.493 e. The second-order valence-electron chi connectivity index (χ2n) is 10.2. The Labute approximate surface area is 243 Å². The van der Waals surface area contributed by atoms with Gasteiger partial charge in [-0.3, -0.25) is 14.4 Å². The summed E-state index contributed by atoms with van der Waals surface area (Å²) in [5, 5.41) is 11.4. The normalized spacial score (nSPS) is 14.7. The Hall–Kier alpha value is -4.12. The van der Waals surface area contributed by atoms with E-state index < -0.39 is 12.1 Å². The van der Waals surface area contributed by atoms with Crippen LogP contribution in [0.15, 0.2) is 34.4 Å². The molecule has 0 saturated carbocycles. The number of fused-ring (bicyclic) bond motifs is 3. The Balaban J connectivity index is 1.86. The molecule has 0 saturated heterocycles. The minimum Gasteiger partial charge on any atom is -0.493 e. The van der Waals surface area contributed by atoms with Crippen LogP contribution in [0.2, 0.25) is 0 Å². The molecule has 0 fully saturated rings. The maximum absolute atomic E-state index is 13.7. The lowest BCUT2D eigenvalue weighted by atomic mass is 9.95. The molecule has 2 unspecified atom stereocenters. The first-order chi connectivity index (χ1) is 19.6. The van der Waals surface area contributed by atoms with Gasteiger partial charge in [-0.15, -0.1) is 11.3 Å². The molecule has 0 spiro atoms. The summed E-state index contributed by atoms with van der Waals surface area (Å²) in [4.78, 5) is 43.4. The van der Waals surface area contributed by atoms with E-state index in [9.17, 15) is 14.4 Å². The zero-order chi connectivity index (χ0) is 29.8. The molecular formula is C30H36N4O6S. The molecule has 3 aromatic rings. The third-order valence-corrected chi connectivity index (χ3v) is 7.90. The second kappa shape index (κ2) is 12.6. The van der Waals surface area contributed by atoms with Crippen molar-refractivity contribution >= 4 is 34.0 Å². The third kappa shape index (κ3) is 6.30. The lowest BCUT2D eigenvalue weighted by Gasteiger charge is -2.21. The van der Waals surface area contributed by atoms with Crippen LogP contribution in [0.25, 0.3) is 11.1 Å². The smallest absolute Gasteiger partial charge is 0.248 e. The summed E-state index contributed by atoms with van der Waals surface area (Å²) < 4.78 is 17.1. The molecule has 1 aromatic heterocycles. The number of thiazole rings is 1. The number of ether oxygens (including phenoxy) is 3. The molecule has 2 atom stereocenters. The van der Waals surface area contributed by atoms with Gasteiger partial charge in [0, 0.05) is 17.9 Å². The molecule has 41 heavy (non-hydrogen) atoms. The highest BCUT2D eigenvalue weighted by Gasteiger charge is 2.30. The van der Waals surface area contributed by atoms with Crippen molar-refractivity contribution in [3.8, 4) is 28.4 Å².